The molecule has 2 heterocycles. The Balaban J connectivity index is 1.92. The number of amides is 1. The van der Waals surface area contributed by atoms with Crippen LogP contribution in [0.25, 0.3) is 0 Å². The third kappa shape index (κ3) is 6.01. The third-order valence-electron chi connectivity index (χ3n) is 4.13. The molecule has 148 valence electrons. The topological polar surface area (TPSA) is 78.2 Å². The van der Waals surface area contributed by atoms with Crippen molar-refractivity contribution in [2.24, 2.45) is 5.92 Å². The molecule has 1 amide bonds. The number of hydrogen-bond donors (Lipinski definition) is 1. The molecule has 0 saturated carbocycles. The number of likely N-dealkylation sites (tertiary alicyclic amines) is 1. The fourth-order valence-corrected chi connectivity index (χ4v) is 2.73. The zero-order valence-corrected chi connectivity index (χ0v) is 15.6. The Morgan fingerprint density at radius 1 is 1.33 bits per heavy atom. The maximum Gasteiger partial charge on any atom is 0.433 e. The van der Waals surface area contributed by atoms with Crippen LogP contribution >= 0.6 is 0 Å². The van der Waals surface area contributed by atoms with E-state index in [-0.39, 0.29) is 23.4 Å². The number of hydrogen-bond acceptors (Lipinski definition) is 5. The molecule has 27 heavy (non-hydrogen) atoms. The number of carbonyl (C=O) groups is 1. The Morgan fingerprint density at radius 3 is 2.48 bits per heavy atom. The molecule has 6 nitrogen and oxygen atoms in total. The number of nitrogens with zero attached hydrogens (tertiary/aromatic N) is 3. The number of halogens is 3. The molecule has 0 radical (unpaired) electrons. The van der Waals surface area contributed by atoms with E-state index in [2.05, 4.69) is 10.3 Å². The van der Waals surface area contributed by atoms with Gasteiger partial charge in [-0.1, -0.05) is 0 Å². The van der Waals surface area contributed by atoms with E-state index >= 15 is 0 Å². The lowest BCUT2D eigenvalue weighted by Crippen LogP contribution is -2.42. The number of alkyl halides is 3. The van der Waals surface area contributed by atoms with Gasteiger partial charge in [0.1, 0.15) is 23.2 Å². The molecule has 2 rings (SSSR count). The number of nitriles is 1. The van der Waals surface area contributed by atoms with Gasteiger partial charge in [0.05, 0.1) is 5.56 Å². The standard InChI is InChI=1S/C18H23F3N4O2/c1-17(2,3)27-16(26)25-8-6-12(7-9-25)11-23-15-13(10-22)4-5-14(24-15)18(19,20)21/h4-5,12H,6-9,11H2,1-3H3,(H,23,24). The minimum absolute atomic E-state index is 0.0641. The van der Waals surface area contributed by atoms with E-state index in [0.717, 1.165) is 12.1 Å². The van der Waals surface area contributed by atoms with Crippen LogP contribution in [0, 0.1) is 17.2 Å². The summed E-state index contributed by atoms with van der Waals surface area (Å²) in [4.78, 5) is 17.2. The molecule has 1 aliphatic heterocycles. The lowest BCUT2D eigenvalue weighted by molar-refractivity contribution is -0.141. The van der Waals surface area contributed by atoms with Crippen LogP contribution in [0.5, 0.6) is 0 Å². The van der Waals surface area contributed by atoms with E-state index in [1.165, 1.54) is 0 Å². The summed E-state index contributed by atoms with van der Waals surface area (Å²) in [5.41, 5.74) is -1.53. The first-order valence-electron chi connectivity index (χ1n) is 8.70. The molecule has 0 bridgehead atoms. The summed E-state index contributed by atoms with van der Waals surface area (Å²) in [5.74, 6) is 0.0912. The van der Waals surface area contributed by atoms with Crippen LogP contribution in [0.3, 0.4) is 0 Å². The number of aromatic nitrogens is 1. The molecule has 1 aromatic rings. The predicted molar refractivity (Wildman–Crippen MR) is 93.0 cm³/mol. The Bertz CT molecular complexity index is 715. The van der Waals surface area contributed by atoms with Gasteiger partial charge in [0.15, 0.2) is 0 Å². The second-order valence-corrected chi connectivity index (χ2v) is 7.49. The summed E-state index contributed by atoms with van der Waals surface area (Å²) in [7, 11) is 0. The number of pyridine rings is 1. The smallest absolute Gasteiger partial charge is 0.433 e. The van der Waals surface area contributed by atoms with Crippen LogP contribution in [0.2, 0.25) is 0 Å². The zero-order chi connectivity index (χ0) is 20.2. The molecule has 0 aromatic carbocycles. The number of nitrogens with one attached hydrogen (secondary N) is 1. The van der Waals surface area contributed by atoms with Gasteiger partial charge in [0.25, 0.3) is 0 Å². The first kappa shape index (κ1) is 20.8. The van der Waals surface area contributed by atoms with Crippen molar-refractivity contribution >= 4 is 11.9 Å². The summed E-state index contributed by atoms with van der Waals surface area (Å²) in [6.45, 7) is 6.82. The summed E-state index contributed by atoms with van der Waals surface area (Å²) in [5, 5.41) is 11.9. The fraction of sp³-hybridized carbons (Fsp3) is 0.611. The highest BCUT2D eigenvalue weighted by Gasteiger charge is 2.33. The van der Waals surface area contributed by atoms with Crippen molar-refractivity contribution in [3.05, 3.63) is 23.4 Å². The molecule has 1 aliphatic rings. The highest BCUT2D eigenvalue weighted by molar-refractivity contribution is 5.68. The van der Waals surface area contributed by atoms with E-state index in [1.54, 1.807) is 25.7 Å². The van der Waals surface area contributed by atoms with Gasteiger partial charge >= 0.3 is 12.3 Å². The molecule has 1 N–H and O–H groups in total. The average molecular weight is 384 g/mol. The minimum Gasteiger partial charge on any atom is -0.444 e. The lowest BCUT2D eigenvalue weighted by atomic mass is 9.97. The molecule has 0 aliphatic carbocycles. The zero-order valence-electron chi connectivity index (χ0n) is 15.6. The number of anilines is 1. The molecule has 9 heteroatoms. The fourth-order valence-electron chi connectivity index (χ4n) is 2.73. The maximum absolute atomic E-state index is 12.8. The molecule has 1 fully saturated rings. The Hall–Kier alpha value is -2.50. The van der Waals surface area contributed by atoms with E-state index in [4.69, 9.17) is 10.00 Å². The van der Waals surface area contributed by atoms with Crippen molar-refractivity contribution in [3.8, 4) is 6.07 Å². The van der Waals surface area contributed by atoms with E-state index in [1.807, 2.05) is 6.07 Å². The first-order valence-corrected chi connectivity index (χ1v) is 8.70. The summed E-state index contributed by atoms with van der Waals surface area (Å²) in [6.07, 6.45) is -3.55. The van der Waals surface area contributed by atoms with Gasteiger partial charge in [-0.25, -0.2) is 9.78 Å². The van der Waals surface area contributed by atoms with Crippen LogP contribution < -0.4 is 5.32 Å². The Kier molecular flexibility index (Phi) is 6.19. The normalized spacial score (nSPS) is 16.0. The molecular formula is C18H23F3N4O2. The summed E-state index contributed by atoms with van der Waals surface area (Å²) < 4.78 is 43.8. The highest BCUT2D eigenvalue weighted by atomic mass is 19.4. The van der Waals surface area contributed by atoms with Crippen molar-refractivity contribution in [1.82, 2.24) is 9.88 Å². The van der Waals surface area contributed by atoms with Crippen molar-refractivity contribution in [2.45, 2.75) is 45.4 Å². The van der Waals surface area contributed by atoms with Gasteiger partial charge in [-0.2, -0.15) is 18.4 Å². The van der Waals surface area contributed by atoms with Crippen LogP contribution in [0.15, 0.2) is 12.1 Å². The summed E-state index contributed by atoms with van der Waals surface area (Å²) >= 11 is 0. The van der Waals surface area contributed by atoms with Crippen LogP contribution in [-0.4, -0.2) is 41.2 Å². The van der Waals surface area contributed by atoms with Gasteiger partial charge in [0, 0.05) is 19.6 Å². The lowest BCUT2D eigenvalue weighted by Gasteiger charge is -2.33. The van der Waals surface area contributed by atoms with Crippen LogP contribution in [-0.2, 0) is 10.9 Å². The monoisotopic (exact) mass is 384 g/mol. The van der Waals surface area contributed by atoms with Crippen molar-refractivity contribution in [3.63, 3.8) is 0 Å². The quantitative estimate of drug-likeness (QED) is 0.851. The Labute approximate surface area is 156 Å². The van der Waals surface area contributed by atoms with E-state index in [0.29, 0.717) is 32.5 Å². The third-order valence-corrected chi connectivity index (χ3v) is 4.13. The van der Waals surface area contributed by atoms with Crippen molar-refractivity contribution in [1.29, 1.82) is 5.26 Å². The number of carbonyl (C=O) groups excluding carboxylic acids is 1. The Morgan fingerprint density at radius 2 is 1.96 bits per heavy atom. The van der Waals surface area contributed by atoms with Crippen molar-refractivity contribution in [2.75, 3.05) is 25.0 Å². The molecule has 1 aromatic heterocycles. The van der Waals surface area contributed by atoms with Crippen LogP contribution in [0.4, 0.5) is 23.8 Å². The second-order valence-electron chi connectivity index (χ2n) is 7.49. The molecule has 0 spiro atoms. The number of rotatable bonds is 3. The molecule has 0 atom stereocenters. The van der Waals surface area contributed by atoms with E-state index in [9.17, 15) is 18.0 Å². The maximum atomic E-state index is 12.8. The van der Waals surface area contributed by atoms with E-state index < -0.39 is 17.5 Å². The average Bonchev–Trinajstić information content (AvgIpc) is 2.57. The summed E-state index contributed by atoms with van der Waals surface area (Å²) in [6, 6.07) is 3.75. The van der Waals surface area contributed by atoms with Crippen LogP contribution in [0.1, 0.15) is 44.9 Å². The largest absolute Gasteiger partial charge is 0.444 e. The van der Waals surface area contributed by atoms with Gasteiger partial charge in [-0.3, -0.25) is 0 Å². The number of ether oxygens (including phenoxy) is 1. The van der Waals surface area contributed by atoms with Gasteiger partial charge in [0.2, 0.25) is 0 Å². The minimum atomic E-state index is -4.57. The number of piperidine rings is 1. The van der Waals surface area contributed by atoms with Gasteiger partial charge in [-0.05, 0) is 51.7 Å². The first-order chi connectivity index (χ1) is 12.5. The van der Waals surface area contributed by atoms with Crippen molar-refractivity contribution < 1.29 is 22.7 Å². The molecule has 0 unspecified atom stereocenters. The highest BCUT2D eigenvalue weighted by Crippen LogP contribution is 2.29. The van der Waals surface area contributed by atoms with Gasteiger partial charge < -0.3 is 15.0 Å². The molecule has 1 saturated heterocycles. The molecular weight excluding hydrogens is 361 g/mol. The van der Waals surface area contributed by atoms with Gasteiger partial charge in [-0.15, -0.1) is 0 Å². The SMILES string of the molecule is CC(C)(C)OC(=O)N1CCC(CNc2nc(C(F)(F)F)ccc2C#N)CC1. The predicted octanol–water partition coefficient (Wildman–Crippen LogP) is 4.03. The second kappa shape index (κ2) is 8.03.